The SMILES string of the molecule is CCC(c1nc(C(F)(F)F)c(Br)c(=O)n1Cc1ncco1)N(CCNC)C(=O)c1cc[n+]([O-])cc1. The summed E-state index contributed by atoms with van der Waals surface area (Å²) < 4.78 is 47.2. The highest BCUT2D eigenvalue weighted by Crippen LogP contribution is 2.34. The molecule has 14 heteroatoms. The molecule has 0 fully saturated rings. The topological polar surface area (TPSA) is 120 Å². The Labute approximate surface area is 206 Å². The van der Waals surface area contributed by atoms with Crippen LogP contribution < -0.4 is 15.6 Å². The molecule has 3 aromatic rings. The molecule has 3 rings (SSSR count). The number of halogens is 4. The van der Waals surface area contributed by atoms with E-state index in [9.17, 15) is 28.0 Å². The molecule has 1 unspecified atom stereocenters. The van der Waals surface area contributed by atoms with Crippen molar-refractivity contribution in [2.24, 2.45) is 0 Å². The van der Waals surface area contributed by atoms with Gasteiger partial charge in [-0.15, -0.1) is 0 Å². The molecule has 3 aromatic heterocycles. The average molecular weight is 559 g/mol. The van der Waals surface area contributed by atoms with E-state index in [2.05, 4.69) is 31.2 Å². The molecule has 35 heavy (non-hydrogen) atoms. The molecule has 0 aromatic carbocycles. The maximum atomic E-state index is 13.8. The van der Waals surface area contributed by atoms with Crippen LogP contribution in [0.4, 0.5) is 13.2 Å². The molecule has 0 bridgehead atoms. The first-order valence-electron chi connectivity index (χ1n) is 10.5. The quantitative estimate of drug-likeness (QED) is 0.316. The van der Waals surface area contributed by atoms with E-state index in [1.165, 1.54) is 29.5 Å². The smallest absolute Gasteiger partial charge is 0.434 e. The second-order valence-corrected chi connectivity index (χ2v) is 8.21. The van der Waals surface area contributed by atoms with Gasteiger partial charge in [-0.3, -0.25) is 14.2 Å². The van der Waals surface area contributed by atoms with Crippen LogP contribution >= 0.6 is 15.9 Å². The summed E-state index contributed by atoms with van der Waals surface area (Å²) in [6, 6.07) is 1.60. The molecule has 0 spiro atoms. The number of oxazole rings is 1. The van der Waals surface area contributed by atoms with Gasteiger partial charge in [-0.1, -0.05) is 6.92 Å². The van der Waals surface area contributed by atoms with Crippen molar-refractivity contribution in [2.45, 2.75) is 32.1 Å². The number of carbonyl (C=O) groups excluding carboxylic acids is 1. The predicted molar refractivity (Wildman–Crippen MR) is 120 cm³/mol. The van der Waals surface area contributed by atoms with E-state index in [-0.39, 0.29) is 36.8 Å². The molecule has 188 valence electrons. The summed E-state index contributed by atoms with van der Waals surface area (Å²) in [7, 11) is 1.66. The van der Waals surface area contributed by atoms with Gasteiger partial charge < -0.3 is 19.8 Å². The molecule has 1 amide bonds. The lowest BCUT2D eigenvalue weighted by Crippen LogP contribution is -2.42. The zero-order valence-electron chi connectivity index (χ0n) is 18.8. The Morgan fingerprint density at radius 3 is 2.60 bits per heavy atom. The Morgan fingerprint density at radius 1 is 1.37 bits per heavy atom. The Bertz CT molecular complexity index is 1220. The van der Waals surface area contributed by atoms with E-state index in [0.29, 0.717) is 11.3 Å². The van der Waals surface area contributed by atoms with Crippen molar-refractivity contribution in [3.05, 3.63) is 80.0 Å². The zero-order valence-corrected chi connectivity index (χ0v) is 20.3. The number of aromatic nitrogens is 4. The van der Waals surface area contributed by atoms with E-state index in [4.69, 9.17) is 4.42 Å². The van der Waals surface area contributed by atoms with E-state index in [1.54, 1.807) is 14.0 Å². The fourth-order valence-corrected chi connectivity index (χ4v) is 4.03. The highest BCUT2D eigenvalue weighted by molar-refractivity contribution is 9.10. The number of alkyl halides is 3. The summed E-state index contributed by atoms with van der Waals surface area (Å²) in [4.78, 5) is 35.6. The first kappa shape index (κ1) is 26.3. The number of hydrogen-bond acceptors (Lipinski definition) is 7. The third-order valence-corrected chi connectivity index (χ3v) is 5.88. The van der Waals surface area contributed by atoms with Gasteiger partial charge in [0.25, 0.3) is 11.5 Å². The summed E-state index contributed by atoms with van der Waals surface area (Å²) in [5.41, 5.74) is -2.23. The summed E-state index contributed by atoms with van der Waals surface area (Å²) in [5, 5.41) is 14.3. The van der Waals surface area contributed by atoms with Gasteiger partial charge in [-0.25, -0.2) is 9.97 Å². The maximum Gasteiger partial charge on any atom is 0.434 e. The molecule has 0 aliphatic carbocycles. The number of rotatable bonds is 9. The summed E-state index contributed by atoms with van der Waals surface area (Å²) >= 11 is 2.74. The van der Waals surface area contributed by atoms with Crippen LogP contribution in [0.5, 0.6) is 0 Å². The van der Waals surface area contributed by atoms with Crippen LogP contribution in [0.2, 0.25) is 0 Å². The molecule has 0 aliphatic heterocycles. The number of likely N-dealkylation sites (N-methyl/N-ethyl adjacent to an activating group) is 1. The standard InChI is InChI=1S/C21H22BrF3N6O4/c1-3-14(30(10-6-26-2)19(32)13-4-8-29(34)9-5-13)18-28-17(21(23,24)25)16(22)20(33)31(18)12-15-27-7-11-35-15/h4-5,7-9,11,14,26H,3,6,10,12H2,1-2H3. The van der Waals surface area contributed by atoms with Crippen molar-refractivity contribution in [1.82, 2.24) is 24.8 Å². The van der Waals surface area contributed by atoms with Gasteiger partial charge in [0.15, 0.2) is 18.1 Å². The second kappa shape index (κ2) is 11.0. The third-order valence-electron chi connectivity index (χ3n) is 5.16. The molecule has 3 heterocycles. The van der Waals surface area contributed by atoms with Gasteiger partial charge in [-0.05, 0) is 29.4 Å². The van der Waals surface area contributed by atoms with Crippen LogP contribution in [0.15, 0.2) is 50.7 Å². The Kier molecular flexibility index (Phi) is 8.27. The molecule has 10 nitrogen and oxygen atoms in total. The average Bonchev–Trinajstić information content (AvgIpc) is 3.33. The van der Waals surface area contributed by atoms with E-state index in [1.807, 2.05) is 0 Å². The van der Waals surface area contributed by atoms with Crippen LogP contribution in [-0.4, -0.2) is 45.5 Å². The van der Waals surface area contributed by atoms with Crippen molar-refractivity contribution in [2.75, 3.05) is 20.1 Å². The highest BCUT2D eigenvalue weighted by Gasteiger charge is 2.39. The minimum atomic E-state index is -4.92. The van der Waals surface area contributed by atoms with Crippen molar-refractivity contribution in [1.29, 1.82) is 0 Å². The molecule has 1 atom stereocenters. The molecule has 0 saturated carbocycles. The van der Waals surface area contributed by atoms with E-state index < -0.39 is 33.9 Å². The number of hydrogen-bond donors (Lipinski definition) is 1. The van der Waals surface area contributed by atoms with Crippen molar-refractivity contribution < 1.29 is 27.1 Å². The lowest BCUT2D eigenvalue weighted by Gasteiger charge is -2.32. The highest BCUT2D eigenvalue weighted by atomic mass is 79.9. The van der Waals surface area contributed by atoms with Gasteiger partial charge in [-0.2, -0.15) is 17.9 Å². The number of amides is 1. The monoisotopic (exact) mass is 558 g/mol. The lowest BCUT2D eigenvalue weighted by atomic mass is 10.1. The number of pyridine rings is 1. The van der Waals surface area contributed by atoms with Gasteiger partial charge in [0.2, 0.25) is 5.89 Å². The third kappa shape index (κ3) is 5.88. The molecule has 1 N–H and O–H groups in total. The normalized spacial score (nSPS) is 12.5. The Morgan fingerprint density at radius 2 is 2.06 bits per heavy atom. The summed E-state index contributed by atoms with van der Waals surface area (Å²) in [6.07, 6.45) is 0.106. The molecular weight excluding hydrogens is 537 g/mol. The fraction of sp³-hybridized carbons (Fsp3) is 0.381. The number of carbonyl (C=O) groups is 1. The van der Waals surface area contributed by atoms with Gasteiger partial charge in [0, 0.05) is 25.2 Å². The number of nitrogens with zero attached hydrogens (tertiary/aromatic N) is 5. The number of nitrogens with one attached hydrogen (secondary N) is 1. The zero-order chi connectivity index (χ0) is 25.8. The fourth-order valence-electron chi connectivity index (χ4n) is 3.50. The minimum absolute atomic E-state index is 0.0767. The van der Waals surface area contributed by atoms with Gasteiger partial charge in [0.05, 0.1) is 17.8 Å². The molecule has 0 radical (unpaired) electrons. The van der Waals surface area contributed by atoms with Crippen LogP contribution in [0.1, 0.15) is 47.2 Å². The van der Waals surface area contributed by atoms with Crippen molar-refractivity contribution in [3.8, 4) is 0 Å². The van der Waals surface area contributed by atoms with Crippen molar-refractivity contribution >= 4 is 21.8 Å². The molecule has 0 aliphatic rings. The van der Waals surface area contributed by atoms with Crippen LogP contribution in [0.3, 0.4) is 0 Å². The largest absolute Gasteiger partial charge is 0.619 e. The predicted octanol–water partition coefficient (Wildman–Crippen LogP) is 2.51. The van der Waals surface area contributed by atoms with E-state index in [0.717, 1.165) is 17.0 Å². The van der Waals surface area contributed by atoms with Crippen LogP contribution in [-0.2, 0) is 12.7 Å². The lowest BCUT2D eigenvalue weighted by molar-refractivity contribution is -0.605. The first-order valence-corrected chi connectivity index (χ1v) is 11.3. The van der Waals surface area contributed by atoms with Gasteiger partial charge >= 0.3 is 6.18 Å². The molecular formula is C21H22BrF3N6O4. The maximum absolute atomic E-state index is 13.8. The van der Waals surface area contributed by atoms with Crippen molar-refractivity contribution in [3.63, 3.8) is 0 Å². The first-order chi connectivity index (χ1) is 16.6. The van der Waals surface area contributed by atoms with Gasteiger partial charge in [0.1, 0.15) is 23.1 Å². The summed E-state index contributed by atoms with van der Waals surface area (Å²) in [6.45, 7) is 1.77. The van der Waals surface area contributed by atoms with Crippen LogP contribution in [0, 0.1) is 5.21 Å². The second-order valence-electron chi connectivity index (χ2n) is 7.42. The van der Waals surface area contributed by atoms with Crippen LogP contribution in [0.25, 0.3) is 0 Å². The Hall–Kier alpha value is -3.26. The summed E-state index contributed by atoms with van der Waals surface area (Å²) in [5.74, 6) is -0.737. The Balaban J connectivity index is 2.20. The minimum Gasteiger partial charge on any atom is -0.619 e. The molecule has 0 saturated heterocycles. The van der Waals surface area contributed by atoms with E-state index >= 15 is 0 Å².